The molecule has 2 N–H and O–H groups in total. The fourth-order valence-corrected chi connectivity index (χ4v) is 8.63. The third-order valence-electron chi connectivity index (χ3n) is 7.99. The van der Waals surface area contributed by atoms with Gasteiger partial charge in [0.05, 0.1) is 22.8 Å². The average molecular weight is 698 g/mol. The fourth-order valence-electron chi connectivity index (χ4n) is 6.05. The van der Waals surface area contributed by atoms with Gasteiger partial charge in [0, 0.05) is 61.1 Å². The third kappa shape index (κ3) is 4.92. The predicted octanol–water partition coefficient (Wildman–Crippen LogP) is 11.6. The van der Waals surface area contributed by atoms with Crippen LogP contribution in [0.15, 0.2) is 91.6 Å². The first-order valence-corrected chi connectivity index (χ1v) is 17.8. The second-order valence-corrected chi connectivity index (χ2v) is 13.7. The number of fused-ring (bicyclic) bond motifs is 8. The molecule has 219 valence electrons. The first-order chi connectivity index (χ1) is 21.8. The largest absolute Gasteiger partial charge is 0.354 e. The van der Waals surface area contributed by atoms with Crippen LogP contribution in [0.2, 0.25) is 0 Å². The van der Waals surface area contributed by atoms with Gasteiger partial charge in [-0.15, -0.1) is 0 Å². The third-order valence-corrected chi connectivity index (χ3v) is 10.7. The Morgan fingerprint density at radius 3 is 0.867 bits per heavy atom. The van der Waals surface area contributed by atoms with Crippen molar-refractivity contribution >= 4 is 91.7 Å². The van der Waals surface area contributed by atoms with Gasteiger partial charge in [-0.2, -0.15) is 45.3 Å². The van der Waals surface area contributed by atoms with Crippen molar-refractivity contribution in [1.29, 1.82) is 0 Å². The monoisotopic (exact) mass is 697 g/mol. The van der Waals surface area contributed by atoms with Crippen molar-refractivity contribution in [2.45, 2.75) is 0 Å². The predicted molar refractivity (Wildman–Crippen MR) is 192 cm³/mol. The molecule has 0 atom stereocenters. The topological polar surface area (TPSA) is 57.4 Å². The van der Waals surface area contributed by atoms with Gasteiger partial charge in [0.25, 0.3) is 0 Å². The minimum Gasteiger partial charge on any atom is -0.354 e. The quantitative estimate of drug-likeness (QED) is 0.192. The first kappa shape index (κ1) is 28.4. The fraction of sp³-hybridized carbons (Fsp3) is 0. The molecule has 7 aromatic rings. The van der Waals surface area contributed by atoms with Gasteiger partial charge < -0.3 is 9.97 Å². The molecule has 9 rings (SSSR count). The van der Waals surface area contributed by atoms with E-state index in [1.807, 2.05) is 0 Å². The van der Waals surface area contributed by atoms with E-state index in [0.29, 0.717) is 0 Å². The zero-order chi connectivity index (χ0) is 29.0. The summed E-state index contributed by atoms with van der Waals surface area (Å²) in [5.74, 6) is 0. The molecular formula is C36H22CoN4S4. The molecule has 0 aromatic carbocycles. The Morgan fingerprint density at radius 1 is 0.378 bits per heavy atom. The molecule has 9 heterocycles. The van der Waals surface area contributed by atoms with Crippen LogP contribution in [0, 0.1) is 0 Å². The summed E-state index contributed by atoms with van der Waals surface area (Å²) in [5.41, 5.74) is 16.8. The summed E-state index contributed by atoms with van der Waals surface area (Å²) in [6.45, 7) is 0. The molecular weight excluding hydrogens is 676 g/mol. The summed E-state index contributed by atoms with van der Waals surface area (Å²) in [4.78, 5) is 18.2. The van der Waals surface area contributed by atoms with Crippen LogP contribution < -0.4 is 0 Å². The van der Waals surface area contributed by atoms with E-state index in [0.717, 1.165) is 89.4 Å². The van der Waals surface area contributed by atoms with Crippen molar-refractivity contribution in [2.24, 2.45) is 0 Å². The molecule has 9 heteroatoms. The number of aromatic nitrogens is 4. The second-order valence-electron chi connectivity index (χ2n) is 10.6. The van der Waals surface area contributed by atoms with Crippen LogP contribution in [0.3, 0.4) is 0 Å². The van der Waals surface area contributed by atoms with E-state index in [-0.39, 0.29) is 16.8 Å². The van der Waals surface area contributed by atoms with Crippen molar-refractivity contribution in [2.75, 3.05) is 0 Å². The minimum atomic E-state index is 0. The van der Waals surface area contributed by atoms with Crippen molar-refractivity contribution in [3.8, 4) is 44.5 Å². The second kappa shape index (κ2) is 11.7. The maximum Gasteiger partial charge on any atom is 0.0737 e. The minimum absolute atomic E-state index is 0. The van der Waals surface area contributed by atoms with Crippen LogP contribution in [0.25, 0.3) is 90.9 Å². The molecule has 0 saturated heterocycles. The summed E-state index contributed by atoms with van der Waals surface area (Å²) in [7, 11) is 0. The molecule has 0 amide bonds. The van der Waals surface area contributed by atoms with Gasteiger partial charge in [0.2, 0.25) is 0 Å². The van der Waals surface area contributed by atoms with Gasteiger partial charge in [-0.25, -0.2) is 9.97 Å². The van der Waals surface area contributed by atoms with Gasteiger partial charge in [0.15, 0.2) is 0 Å². The van der Waals surface area contributed by atoms with Crippen LogP contribution in [-0.2, 0) is 16.8 Å². The normalized spacial score (nSPS) is 12.1. The van der Waals surface area contributed by atoms with Crippen LogP contribution in [-0.4, -0.2) is 19.9 Å². The van der Waals surface area contributed by atoms with Crippen molar-refractivity contribution in [1.82, 2.24) is 19.9 Å². The maximum absolute atomic E-state index is 5.30. The Kier molecular flexibility index (Phi) is 7.37. The van der Waals surface area contributed by atoms with Crippen molar-refractivity contribution in [3.63, 3.8) is 0 Å². The average Bonchev–Trinajstić information content (AvgIpc) is 3.90. The van der Waals surface area contributed by atoms with E-state index in [9.17, 15) is 0 Å². The summed E-state index contributed by atoms with van der Waals surface area (Å²) in [5, 5.41) is 17.3. The number of aromatic amines is 2. The van der Waals surface area contributed by atoms with E-state index in [2.05, 4.69) is 126 Å². The van der Waals surface area contributed by atoms with E-state index in [1.54, 1.807) is 45.3 Å². The molecule has 7 aromatic heterocycles. The number of nitrogens with one attached hydrogen (secondary N) is 2. The number of rotatable bonds is 4. The van der Waals surface area contributed by atoms with Crippen LogP contribution >= 0.6 is 45.3 Å². The standard InChI is InChI=1S/C36H22N4S4.Co/c1-2-26-34(22-10-14-42-18-22)28-5-6-30(39-28)36(24-12-16-44-20-24)32-8-7-31(40-32)35(23-11-15-43-19-23)29-4-3-27(38-29)33(25(1)37-26)21-9-13-41-17-21;/h1-20,37,40H;. The van der Waals surface area contributed by atoms with Crippen molar-refractivity contribution < 1.29 is 16.8 Å². The summed E-state index contributed by atoms with van der Waals surface area (Å²) in [6.07, 6.45) is 8.59. The van der Waals surface area contributed by atoms with Gasteiger partial charge in [0.1, 0.15) is 0 Å². The summed E-state index contributed by atoms with van der Waals surface area (Å²) in [6, 6.07) is 17.4. The molecule has 2 aliphatic heterocycles. The van der Waals surface area contributed by atoms with E-state index in [4.69, 9.17) is 9.97 Å². The molecule has 0 fully saturated rings. The smallest absolute Gasteiger partial charge is 0.0737 e. The molecule has 4 nitrogen and oxygen atoms in total. The van der Waals surface area contributed by atoms with Crippen LogP contribution in [0.4, 0.5) is 0 Å². The number of hydrogen-bond donors (Lipinski definition) is 2. The first-order valence-electron chi connectivity index (χ1n) is 14.1. The molecule has 0 saturated carbocycles. The zero-order valence-electron chi connectivity index (χ0n) is 23.4. The molecule has 0 aliphatic carbocycles. The number of hydrogen-bond acceptors (Lipinski definition) is 6. The van der Waals surface area contributed by atoms with E-state index in [1.165, 1.54) is 0 Å². The molecule has 0 unspecified atom stereocenters. The van der Waals surface area contributed by atoms with Gasteiger partial charge in [-0.1, -0.05) is 0 Å². The SMILES string of the molecule is C1=Cc2nc1c(-c1ccsc1)c1ccc([nH]1)c(-c1ccsc1)c1nc(c(-c3ccsc3)c3ccc([nH]3)c2-c2ccsc2)C=C1.[Co]. The van der Waals surface area contributed by atoms with Gasteiger partial charge >= 0.3 is 0 Å². The van der Waals surface area contributed by atoms with Crippen LogP contribution in [0.1, 0.15) is 22.8 Å². The molecule has 2 aliphatic rings. The number of H-pyrrole nitrogens is 2. The van der Waals surface area contributed by atoms with Gasteiger partial charge in [-0.3, -0.25) is 0 Å². The Balaban J connectivity index is 0.00000300. The number of nitrogens with zero attached hydrogens (tertiary/aromatic N) is 2. The maximum atomic E-state index is 5.30. The Morgan fingerprint density at radius 2 is 0.644 bits per heavy atom. The summed E-state index contributed by atoms with van der Waals surface area (Å²) >= 11 is 6.78. The molecule has 1 radical (unpaired) electrons. The van der Waals surface area contributed by atoms with Gasteiger partial charge in [-0.05, 0) is 138 Å². The molecule has 8 bridgehead atoms. The van der Waals surface area contributed by atoms with E-state index >= 15 is 0 Å². The Labute approximate surface area is 285 Å². The summed E-state index contributed by atoms with van der Waals surface area (Å²) < 4.78 is 0. The molecule has 0 spiro atoms. The van der Waals surface area contributed by atoms with Crippen molar-refractivity contribution in [3.05, 3.63) is 114 Å². The van der Waals surface area contributed by atoms with Crippen LogP contribution in [0.5, 0.6) is 0 Å². The van der Waals surface area contributed by atoms with E-state index < -0.39 is 0 Å². The number of thiophene rings is 4. The zero-order valence-corrected chi connectivity index (χ0v) is 27.7. The Hall–Kier alpha value is -4.09. The molecule has 45 heavy (non-hydrogen) atoms. The Bertz CT molecular complexity index is 2040.